The van der Waals surface area contributed by atoms with Gasteiger partial charge in [-0.25, -0.2) is 14.0 Å². The first-order valence-electron chi connectivity index (χ1n) is 6.92. The fourth-order valence-corrected chi connectivity index (χ4v) is 2.39. The smallest absolute Gasteiger partial charge is 0.340 e. The highest BCUT2D eigenvalue weighted by Crippen LogP contribution is 2.51. The van der Waals surface area contributed by atoms with E-state index in [1.165, 1.54) is 12.1 Å². The van der Waals surface area contributed by atoms with Crippen LogP contribution in [0.25, 0.3) is 0 Å². The Morgan fingerprint density at radius 1 is 1.38 bits per heavy atom. The first-order valence-corrected chi connectivity index (χ1v) is 6.92. The van der Waals surface area contributed by atoms with Crippen LogP contribution in [0.4, 0.5) is 14.9 Å². The van der Waals surface area contributed by atoms with E-state index in [2.05, 4.69) is 24.5 Å². The lowest BCUT2D eigenvalue weighted by Gasteiger charge is -2.20. The van der Waals surface area contributed by atoms with Crippen LogP contribution in [0.3, 0.4) is 0 Å². The van der Waals surface area contributed by atoms with E-state index in [1.807, 2.05) is 0 Å². The molecule has 3 N–H and O–H groups in total. The van der Waals surface area contributed by atoms with Crippen LogP contribution >= 0.6 is 0 Å². The van der Waals surface area contributed by atoms with Crippen molar-refractivity contribution in [1.82, 2.24) is 5.32 Å². The summed E-state index contributed by atoms with van der Waals surface area (Å²) >= 11 is 0. The summed E-state index contributed by atoms with van der Waals surface area (Å²) in [5, 5.41) is 14.1. The number of benzene rings is 1. The minimum absolute atomic E-state index is 0.0469. The van der Waals surface area contributed by atoms with E-state index >= 15 is 0 Å². The molecule has 114 valence electrons. The Balaban J connectivity index is 2.01. The average Bonchev–Trinajstić information content (AvgIpc) is 3.17. The van der Waals surface area contributed by atoms with Crippen LogP contribution in [0.5, 0.6) is 0 Å². The predicted molar refractivity (Wildman–Crippen MR) is 76.9 cm³/mol. The Morgan fingerprint density at radius 2 is 2.05 bits per heavy atom. The molecule has 5 nitrogen and oxygen atoms in total. The van der Waals surface area contributed by atoms with Gasteiger partial charge in [0.1, 0.15) is 11.4 Å². The first-order chi connectivity index (χ1) is 9.85. The number of halogens is 1. The molecule has 0 bridgehead atoms. The zero-order valence-electron chi connectivity index (χ0n) is 12.1. The van der Waals surface area contributed by atoms with Gasteiger partial charge in [-0.2, -0.15) is 0 Å². The van der Waals surface area contributed by atoms with E-state index in [9.17, 15) is 14.0 Å². The van der Waals surface area contributed by atoms with E-state index in [1.54, 1.807) is 0 Å². The van der Waals surface area contributed by atoms with Crippen molar-refractivity contribution < 1.29 is 19.1 Å². The second-order valence-corrected chi connectivity index (χ2v) is 5.79. The maximum atomic E-state index is 13.5. The molecule has 0 aliphatic heterocycles. The van der Waals surface area contributed by atoms with Gasteiger partial charge in [0.15, 0.2) is 0 Å². The van der Waals surface area contributed by atoms with Gasteiger partial charge in [0.2, 0.25) is 0 Å². The maximum absolute atomic E-state index is 13.5. The van der Waals surface area contributed by atoms with Gasteiger partial charge in [-0.15, -0.1) is 0 Å². The minimum atomic E-state index is -1.41. The summed E-state index contributed by atoms with van der Waals surface area (Å²) < 4.78 is 13.5. The average molecular weight is 294 g/mol. The molecule has 1 saturated carbocycles. The molecule has 0 unspecified atom stereocenters. The van der Waals surface area contributed by atoms with E-state index < -0.39 is 23.4 Å². The van der Waals surface area contributed by atoms with Gasteiger partial charge in [-0.3, -0.25) is 0 Å². The van der Waals surface area contributed by atoms with Gasteiger partial charge in [-0.1, -0.05) is 19.9 Å². The van der Waals surface area contributed by atoms with Crippen LogP contribution in [0.1, 0.15) is 37.0 Å². The highest BCUT2D eigenvalue weighted by Gasteiger charge is 2.45. The summed E-state index contributed by atoms with van der Waals surface area (Å²) in [7, 11) is 0. The Morgan fingerprint density at radius 3 is 2.57 bits per heavy atom. The molecule has 21 heavy (non-hydrogen) atoms. The van der Waals surface area contributed by atoms with E-state index in [0.717, 1.165) is 18.9 Å². The quantitative estimate of drug-likeness (QED) is 0.781. The predicted octanol–water partition coefficient (Wildman–Crippen LogP) is 3.08. The first kappa shape index (κ1) is 15.3. The van der Waals surface area contributed by atoms with Crippen molar-refractivity contribution in [3.8, 4) is 0 Å². The molecule has 1 fully saturated rings. The van der Waals surface area contributed by atoms with Crippen molar-refractivity contribution in [1.29, 1.82) is 0 Å². The summed E-state index contributed by atoms with van der Waals surface area (Å²) in [5.41, 5.74) is -0.429. The van der Waals surface area contributed by atoms with Gasteiger partial charge < -0.3 is 15.7 Å². The number of carboxylic acid groups (broad SMARTS) is 1. The summed E-state index contributed by atoms with van der Waals surface area (Å²) in [6.07, 6.45) is 2.15. The Kier molecular flexibility index (Phi) is 4.16. The highest BCUT2D eigenvalue weighted by atomic mass is 19.1. The standard InChI is InChI=1S/C15H19FN2O3/c1-9(2)15(6-7-15)8-17-14(21)18-11-5-3-4-10(16)12(11)13(19)20/h3-5,9H,6-8H2,1-2H3,(H,19,20)(H2,17,18,21). The largest absolute Gasteiger partial charge is 0.478 e. The van der Waals surface area contributed by atoms with Crippen LogP contribution in [0.2, 0.25) is 0 Å². The molecule has 2 amide bonds. The summed E-state index contributed by atoms with van der Waals surface area (Å²) in [6.45, 7) is 4.76. The molecule has 1 aromatic rings. The number of rotatable bonds is 5. The molecular weight excluding hydrogens is 275 g/mol. The lowest BCUT2D eigenvalue weighted by molar-refractivity contribution is 0.0693. The molecule has 2 rings (SSSR count). The topological polar surface area (TPSA) is 78.4 Å². The Hall–Kier alpha value is -2.11. The minimum Gasteiger partial charge on any atom is -0.478 e. The Bertz CT molecular complexity index is 568. The fourth-order valence-electron chi connectivity index (χ4n) is 2.39. The second kappa shape index (κ2) is 5.71. The summed E-state index contributed by atoms with van der Waals surface area (Å²) in [6, 6.07) is 3.25. The van der Waals surface area contributed by atoms with Crippen molar-refractivity contribution in [2.45, 2.75) is 26.7 Å². The normalized spacial score (nSPS) is 15.6. The number of nitrogens with one attached hydrogen (secondary N) is 2. The molecule has 0 heterocycles. The van der Waals surface area contributed by atoms with Crippen molar-refractivity contribution in [3.05, 3.63) is 29.6 Å². The van der Waals surface area contributed by atoms with Crippen molar-refractivity contribution in [2.24, 2.45) is 11.3 Å². The van der Waals surface area contributed by atoms with Gasteiger partial charge in [-0.05, 0) is 36.3 Å². The highest BCUT2D eigenvalue weighted by molar-refractivity contribution is 6.00. The number of carbonyl (C=O) groups is 2. The molecule has 1 aliphatic carbocycles. The number of aromatic carboxylic acids is 1. The SMILES string of the molecule is CC(C)C1(CNC(=O)Nc2cccc(F)c2C(=O)O)CC1. The van der Waals surface area contributed by atoms with Crippen LogP contribution < -0.4 is 10.6 Å². The van der Waals surface area contributed by atoms with Crippen molar-refractivity contribution in [2.75, 3.05) is 11.9 Å². The van der Waals surface area contributed by atoms with Crippen LogP contribution in [0, 0.1) is 17.2 Å². The molecular formula is C15H19FN2O3. The molecule has 0 atom stereocenters. The van der Waals surface area contributed by atoms with Gasteiger partial charge >= 0.3 is 12.0 Å². The maximum Gasteiger partial charge on any atom is 0.340 e. The van der Waals surface area contributed by atoms with Crippen LogP contribution in [-0.2, 0) is 0 Å². The molecule has 1 aliphatic rings. The van der Waals surface area contributed by atoms with Gasteiger partial charge in [0.05, 0.1) is 5.69 Å². The van der Waals surface area contributed by atoms with Crippen LogP contribution in [0.15, 0.2) is 18.2 Å². The molecule has 0 saturated heterocycles. The molecule has 0 spiro atoms. The summed E-state index contributed by atoms with van der Waals surface area (Å²) in [4.78, 5) is 22.9. The monoisotopic (exact) mass is 294 g/mol. The number of anilines is 1. The number of urea groups is 1. The Labute approximate surface area is 122 Å². The zero-order valence-corrected chi connectivity index (χ0v) is 12.1. The summed E-state index contributed by atoms with van der Waals surface area (Å²) in [5.74, 6) is -1.81. The van der Waals surface area contributed by atoms with Crippen molar-refractivity contribution >= 4 is 17.7 Å². The lowest BCUT2D eigenvalue weighted by atomic mass is 9.92. The third kappa shape index (κ3) is 3.32. The molecule has 0 aromatic heterocycles. The number of amides is 2. The fraction of sp³-hybridized carbons (Fsp3) is 0.467. The number of hydrogen-bond acceptors (Lipinski definition) is 2. The number of carbonyl (C=O) groups excluding carboxylic acids is 1. The van der Waals surface area contributed by atoms with E-state index in [-0.39, 0.29) is 11.1 Å². The molecule has 0 radical (unpaired) electrons. The van der Waals surface area contributed by atoms with Crippen LogP contribution in [-0.4, -0.2) is 23.7 Å². The molecule has 6 heteroatoms. The van der Waals surface area contributed by atoms with E-state index in [0.29, 0.717) is 12.5 Å². The zero-order chi connectivity index (χ0) is 15.6. The van der Waals surface area contributed by atoms with Gasteiger partial charge in [0, 0.05) is 6.54 Å². The second-order valence-electron chi connectivity index (χ2n) is 5.79. The third-order valence-corrected chi connectivity index (χ3v) is 4.19. The lowest BCUT2D eigenvalue weighted by Crippen LogP contribution is -2.36. The van der Waals surface area contributed by atoms with Crippen molar-refractivity contribution in [3.63, 3.8) is 0 Å². The van der Waals surface area contributed by atoms with Gasteiger partial charge in [0.25, 0.3) is 0 Å². The van der Waals surface area contributed by atoms with E-state index in [4.69, 9.17) is 5.11 Å². The molecule has 1 aromatic carbocycles. The number of carboxylic acids is 1. The number of hydrogen-bond donors (Lipinski definition) is 3. The third-order valence-electron chi connectivity index (χ3n) is 4.19.